The van der Waals surface area contributed by atoms with Gasteiger partial charge in [0.25, 0.3) is 0 Å². The minimum atomic E-state index is 0. The Kier molecular flexibility index (Phi) is 29.2. The molecule has 0 aliphatic rings. The summed E-state index contributed by atoms with van der Waals surface area (Å²) in [5.74, 6) is 0. The Morgan fingerprint density at radius 2 is 1.53 bits per heavy atom. The number of hydrogen-bond acceptors (Lipinski definition) is 5. The van der Waals surface area contributed by atoms with Crippen LogP contribution in [0, 0.1) is 0 Å². The first-order chi connectivity index (χ1) is 8.45. The monoisotopic (exact) mass is 273 g/mol. The molecule has 0 radical (unpaired) electrons. The lowest BCUT2D eigenvalue weighted by molar-refractivity contribution is -0.122. The fourth-order valence-electron chi connectivity index (χ4n) is 0.575. The third-order valence-electron chi connectivity index (χ3n) is 1.18. The van der Waals surface area contributed by atoms with Crippen molar-refractivity contribution in [3.63, 3.8) is 0 Å². The highest BCUT2D eigenvalue weighted by molar-refractivity contribution is 6.09. The molecule has 1 heterocycles. The number of imidazole rings is 1. The first-order valence-electron chi connectivity index (χ1n) is 5.36. The topological polar surface area (TPSA) is 95.1 Å². The molecule has 1 rings (SSSR count). The number of carbonyl (C=O) groups excluding carboxylic acids is 3. The number of carbonyl (C=O) groups is 3. The van der Waals surface area contributed by atoms with Crippen LogP contribution >= 0.6 is 0 Å². The summed E-state index contributed by atoms with van der Waals surface area (Å²) in [4.78, 5) is 29.5. The van der Waals surface area contributed by atoms with Gasteiger partial charge in [-0.05, 0) is 19.9 Å². The van der Waals surface area contributed by atoms with Crippen LogP contribution in [0.3, 0.4) is 0 Å². The maximum atomic E-state index is 8.81. The Labute approximate surface area is 116 Å². The first-order valence-corrected chi connectivity index (χ1v) is 5.36. The number of aldehydes is 2. The molecule has 19 heavy (non-hydrogen) atoms. The van der Waals surface area contributed by atoms with Crippen LogP contribution in [0.4, 0.5) is 0 Å². The number of nitrogens with two attached hydrogens (primary N) is 1. The van der Waals surface area contributed by atoms with Crippen molar-refractivity contribution >= 4 is 19.4 Å². The highest BCUT2D eigenvalue weighted by atomic mass is 16.2. The molecule has 6 nitrogen and oxygen atoms in total. The molecule has 0 spiro atoms. The summed E-state index contributed by atoms with van der Waals surface area (Å²) in [5.41, 5.74) is 5.11. The number of aromatic nitrogens is 2. The minimum absolute atomic E-state index is 0. The largest absolute Gasteiger partial charge is 0.335 e. The van der Waals surface area contributed by atoms with Crippen molar-refractivity contribution in [2.75, 3.05) is 0 Å². The van der Waals surface area contributed by atoms with Crippen LogP contribution < -0.4 is 5.73 Å². The van der Waals surface area contributed by atoms with Crippen molar-refractivity contribution in [2.24, 2.45) is 5.73 Å². The second kappa shape index (κ2) is 21.5. The molecule has 0 saturated heterocycles. The average molecular weight is 273 g/mol. The van der Waals surface area contributed by atoms with Gasteiger partial charge in [0.15, 0.2) is 12.6 Å². The van der Waals surface area contributed by atoms with Gasteiger partial charge >= 0.3 is 0 Å². The van der Waals surface area contributed by atoms with E-state index in [0.717, 1.165) is 0 Å². The van der Waals surface area contributed by atoms with Gasteiger partial charge in [-0.15, -0.1) is 0 Å². The van der Waals surface area contributed by atoms with Crippen molar-refractivity contribution in [1.29, 1.82) is 0 Å². The van der Waals surface area contributed by atoms with Gasteiger partial charge in [0, 0.05) is 18.4 Å². The van der Waals surface area contributed by atoms with E-state index in [-0.39, 0.29) is 20.0 Å². The van der Waals surface area contributed by atoms with Crippen molar-refractivity contribution in [1.82, 2.24) is 9.55 Å². The van der Waals surface area contributed by atoms with Crippen LogP contribution in [0.1, 0.15) is 41.2 Å². The molecule has 0 atom stereocenters. The average Bonchev–Trinajstić information content (AvgIpc) is 2.85. The number of rotatable bonds is 2. The lowest BCUT2D eigenvalue weighted by atomic mass is 10.4. The second-order valence-electron chi connectivity index (χ2n) is 3.62. The SMILES string of the molecule is C.C=O.CC(C)N.CC(C)n1ccnc1.O=CC=O. The molecule has 0 aliphatic carbocycles. The minimum Gasteiger partial charge on any atom is -0.335 e. The molecule has 1 aromatic rings. The summed E-state index contributed by atoms with van der Waals surface area (Å²) < 4.78 is 2.06. The molecule has 0 bridgehead atoms. The molecule has 112 valence electrons. The van der Waals surface area contributed by atoms with Crippen LogP contribution in [0.2, 0.25) is 0 Å². The van der Waals surface area contributed by atoms with Crippen LogP contribution in [0.25, 0.3) is 0 Å². The van der Waals surface area contributed by atoms with Gasteiger partial charge in [0.05, 0.1) is 6.33 Å². The van der Waals surface area contributed by atoms with Gasteiger partial charge in [-0.25, -0.2) is 4.98 Å². The van der Waals surface area contributed by atoms with Crippen molar-refractivity contribution in [2.45, 2.75) is 47.2 Å². The van der Waals surface area contributed by atoms with Gasteiger partial charge in [0.1, 0.15) is 6.79 Å². The molecule has 0 unspecified atom stereocenters. The van der Waals surface area contributed by atoms with Crippen LogP contribution in [-0.4, -0.2) is 35.0 Å². The Morgan fingerprint density at radius 1 is 1.16 bits per heavy atom. The molecule has 6 heteroatoms. The van der Waals surface area contributed by atoms with Gasteiger partial charge in [-0.2, -0.15) is 0 Å². The summed E-state index contributed by atoms with van der Waals surface area (Å²) >= 11 is 0. The summed E-state index contributed by atoms with van der Waals surface area (Å²) in [6, 6.07) is 0.873. The van der Waals surface area contributed by atoms with Gasteiger partial charge in [-0.1, -0.05) is 21.3 Å². The summed E-state index contributed by atoms with van der Waals surface area (Å²) in [5, 5.41) is 0. The lowest BCUT2D eigenvalue weighted by Crippen LogP contribution is -2.06. The molecule has 0 fully saturated rings. The van der Waals surface area contributed by atoms with E-state index < -0.39 is 0 Å². The predicted molar refractivity (Wildman–Crippen MR) is 77.9 cm³/mol. The molecule has 2 N–H and O–H groups in total. The van der Waals surface area contributed by atoms with Crippen LogP contribution in [0.15, 0.2) is 18.7 Å². The maximum Gasteiger partial charge on any atom is 0.182 e. The third-order valence-corrected chi connectivity index (χ3v) is 1.18. The summed E-state index contributed by atoms with van der Waals surface area (Å²) in [7, 11) is 0. The van der Waals surface area contributed by atoms with E-state index in [1.54, 1.807) is 6.20 Å². The zero-order valence-electron chi connectivity index (χ0n) is 11.4. The third kappa shape index (κ3) is 31.4. The summed E-state index contributed by atoms with van der Waals surface area (Å²) in [6.45, 7) is 10.1. The fourth-order valence-corrected chi connectivity index (χ4v) is 0.575. The Balaban J connectivity index is -0.0000000890. The molecule has 0 aromatic carbocycles. The molecule has 0 aliphatic heterocycles. The number of nitrogens with zero attached hydrogens (tertiary/aromatic N) is 2. The van der Waals surface area contributed by atoms with Gasteiger partial charge < -0.3 is 15.1 Å². The van der Waals surface area contributed by atoms with Crippen LogP contribution in [-0.2, 0) is 14.4 Å². The molecule has 0 saturated carbocycles. The summed E-state index contributed by atoms with van der Waals surface area (Å²) in [6.07, 6.45) is 5.97. The fraction of sp³-hybridized carbons (Fsp3) is 0.538. The number of hydrogen-bond donors (Lipinski definition) is 1. The quantitative estimate of drug-likeness (QED) is 0.653. The van der Waals surface area contributed by atoms with E-state index in [4.69, 9.17) is 20.1 Å². The predicted octanol–water partition coefficient (Wildman–Crippen LogP) is 1.65. The first kappa shape index (κ1) is 25.9. The molecule has 1 aromatic heterocycles. The maximum absolute atomic E-state index is 8.81. The molecular weight excluding hydrogens is 246 g/mol. The molecule has 0 amide bonds. The smallest absolute Gasteiger partial charge is 0.182 e. The van der Waals surface area contributed by atoms with E-state index in [9.17, 15) is 0 Å². The Bertz CT molecular complexity index is 264. The Hall–Kier alpha value is -1.82. The highest BCUT2D eigenvalue weighted by Crippen LogP contribution is 1.99. The Morgan fingerprint density at radius 3 is 1.63 bits per heavy atom. The standard InChI is InChI=1S/C6H10N2.C3H9N.C2H2O2.CH2O.CH4/c1-6(2)8-4-3-7-5-8;1-3(2)4;3-1-2-4;1-2;/h3-6H,1-2H3;3H,4H2,1-2H3;1-2H;1H2;1H4. The van der Waals surface area contributed by atoms with E-state index in [1.807, 2.05) is 33.2 Å². The van der Waals surface area contributed by atoms with Gasteiger partial charge in [-0.3, -0.25) is 9.59 Å². The zero-order chi connectivity index (χ0) is 15.0. The van der Waals surface area contributed by atoms with Crippen LogP contribution in [0.5, 0.6) is 0 Å². The normalized spacial score (nSPS) is 7.53. The van der Waals surface area contributed by atoms with E-state index in [1.165, 1.54) is 0 Å². The van der Waals surface area contributed by atoms with Gasteiger partial charge in [0.2, 0.25) is 0 Å². The lowest BCUT2D eigenvalue weighted by Gasteiger charge is -2.02. The molecular formula is C13H27N3O3. The van der Waals surface area contributed by atoms with Crippen molar-refractivity contribution < 1.29 is 14.4 Å². The van der Waals surface area contributed by atoms with E-state index in [2.05, 4.69) is 23.4 Å². The van der Waals surface area contributed by atoms with Crippen molar-refractivity contribution in [3.8, 4) is 0 Å². The second-order valence-corrected chi connectivity index (χ2v) is 3.62. The van der Waals surface area contributed by atoms with E-state index >= 15 is 0 Å². The zero-order valence-corrected chi connectivity index (χ0v) is 11.4. The highest BCUT2D eigenvalue weighted by Gasteiger charge is 1.90. The van der Waals surface area contributed by atoms with Crippen molar-refractivity contribution in [3.05, 3.63) is 18.7 Å². The van der Waals surface area contributed by atoms with E-state index in [0.29, 0.717) is 12.1 Å².